The number of thioether (sulfide) groups is 1. The van der Waals surface area contributed by atoms with E-state index in [1.165, 1.54) is 24.3 Å². The first-order chi connectivity index (χ1) is 17.4. The standard InChI is InChI=1S/C26H22N2O7S/c1-2-3-14-34-25(30)18-10-8-17(9-11-18)22-13-12-20(35-22)15-23-24(29)27(26(31)36-23)16-19-6-4-5-7-21(19)28(32)33/h4-13,15H,2-3,14,16H2,1H3/b23-15+. The van der Waals surface area contributed by atoms with Gasteiger partial charge in [-0.2, -0.15) is 0 Å². The molecule has 0 atom stereocenters. The quantitative estimate of drug-likeness (QED) is 0.113. The SMILES string of the molecule is CCCCOC(=O)c1ccc(-c2ccc(/C=C3/SC(=O)N(Cc4ccccc4[N+](=O)[O-])C3=O)o2)cc1. The van der Waals surface area contributed by atoms with Crippen molar-refractivity contribution in [1.29, 1.82) is 0 Å². The largest absolute Gasteiger partial charge is 0.462 e. The first-order valence-corrected chi connectivity index (χ1v) is 12.0. The number of unbranched alkanes of at least 4 members (excludes halogenated alkanes) is 1. The van der Waals surface area contributed by atoms with E-state index in [0.29, 0.717) is 23.7 Å². The average Bonchev–Trinajstić information content (AvgIpc) is 3.44. The third-order valence-electron chi connectivity index (χ3n) is 5.43. The zero-order chi connectivity index (χ0) is 25.7. The van der Waals surface area contributed by atoms with E-state index in [-0.39, 0.29) is 28.7 Å². The minimum atomic E-state index is -0.549. The third kappa shape index (κ3) is 5.55. The minimum absolute atomic E-state index is 0.156. The fourth-order valence-electron chi connectivity index (χ4n) is 3.51. The molecule has 0 unspecified atom stereocenters. The Morgan fingerprint density at radius 2 is 1.86 bits per heavy atom. The van der Waals surface area contributed by atoms with Crippen LogP contribution >= 0.6 is 11.8 Å². The van der Waals surface area contributed by atoms with Crippen molar-refractivity contribution in [2.75, 3.05) is 6.61 Å². The predicted octanol–water partition coefficient (Wildman–Crippen LogP) is 6.05. The lowest BCUT2D eigenvalue weighted by molar-refractivity contribution is -0.385. The molecule has 2 heterocycles. The number of carbonyl (C=O) groups excluding carboxylic acids is 3. The summed E-state index contributed by atoms with van der Waals surface area (Å²) in [6.07, 6.45) is 3.22. The summed E-state index contributed by atoms with van der Waals surface area (Å²) < 4.78 is 11.0. The Morgan fingerprint density at radius 3 is 2.58 bits per heavy atom. The lowest BCUT2D eigenvalue weighted by Crippen LogP contribution is -2.27. The average molecular weight is 507 g/mol. The maximum atomic E-state index is 12.8. The molecule has 0 radical (unpaired) electrons. The molecular formula is C26H22N2O7S. The summed E-state index contributed by atoms with van der Waals surface area (Å²) in [5.74, 6) is -0.0470. The molecular weight excluding hydrogens is 484 g/mol. The number of nitrogens with zero attached hydrogens (tertiary/aromatic N) is 2. The highest BCUT2D eigenvalue weighted by molar-refractivity contribution is 8.18. The molecule has 9 nitrogen and oxygen atoms in total. The van der Waals surface area contributed by atoms with Gasteiger partial charge in [0.25, 0.3) is 16.8 Å². The predicted molar refractivity (Wildman–Crippen MR) is 134 cm³/mol. The summed E-state index contributed by atoms with van der Waals surface area (Å²) in [4.78, 5) is 49.2. The van der Waals surface area contributed by atoms with Gasteiger partial charge < -0.3 is 9.15 Å². The topological polar surface area (TPSA) is 120 Å². The van der Waals surface area contributed by atoms with Gasteiger partial charge in [-0.3, -0.25) is 24.6 Å². The number of imide groups is 1. The van der Waals surface area contributed by atoms with Gasteiger partial charge in [0.2, 0.25) is 0 Å². The summed E-state index contributed by atoms with van der Waals surface area (Å²) >= 11 is 0.746. The fraction of sp³-hybridized carbons (Fsp3) is 0.192. The van der Waals surface area contributed by atoms with Crippen molar-refractivity contribution >= 4 is 40.6 Å². The molecule has 0 N–H and O–H groups in total. The molecule has 3 aromatic rings. The van der Waals surface area contributed by atoms with E-state index < -0.39 is 16.1 Å². The minimum Gasteiger partial charge on any atom is -0.462 e. The number of nitro groups is 1. The molecule has 0 aliphatic carbocycles. The van der Waals surface area contributed by atoms with Crippen LogP contribution in [0.25, 0.3) is 17.4 Å². The first kappa shape index (κ1) is 24.9. The number of carbonyl (C=O) groups is 3. The smallest absolute Gasteiger partial charge is 0.338 e. The number of hydrogen-bond acceptors (Lipinski definition) is 8. The molecule has 4 rings (SSSR count). The van der Waals surface area contributed by atoms with Crippen molar-refractivity contribution in [1.82, 2.24) is 4.90 Å². The number of nitro benzene ring substituents is 1. The van der Waals surface area contributed by atoms with Gasteiger partial charge in [0, 0.05) is 23.3 Å². The Morgan fingerprint density at radius 1 is 1.11 bits per heavy atom. The summed E-state index contributed by atoms with van der Waals surface area (Å²) in [5, 5.41) is 10.7. The highest BCUT2D eigenvalue weighted by atomic mass is 32.2. The number of esters is 1. The van der Waals surface area contributed by atoms with E-state index in [1.807, 2.05) is 6.92 Å². The molecule has 1 aromatic heterocycles. The highest BCUT2D eigenvalue weighted by Crippen LogP contribution is 2.35. The number of ether oxygens (including phenoxy) is 1. The van der Waals surface area contributed by atoms with Gasteiger partial charge in [-0.05, 0) is 42.4 Å². The molecule has 1 aliphatic heterocycles. The van der Waals surface area contributed by atoms with Gasteiger partial charge in [0.05, 0.1) is 28.5 Å². The van der Waals surface area contributed by atoms with Crippen molar-refractivity contribution < 1.29 is 28.5 Å². The van der Waals surface area contributed by atoms with Crippen LogP contribution in [0.3, 0.4) is 0 Å². The Bertz CT molecular complexity index is 1340. The maximum Gasteiger partial charge on any atom is 0.338 e. The normalized spacial score (nSPS) is 14.5. The third-order valence-corrected chi connectivity index (χ3v) is 6.33. The molecule has 184 valence electrons. The summed E-state index contributed by atoms with van der Waals surface area (Å²) in [7, 11) is 0. The Kier molecular flexibility index (Phi) is 7.65. The van der Waals surface area contributed by atoms with Gasteiger partial charge in [-0.1, -0.05) is 43.7 Å². The Hall–Kier alpha value is -4.18. The van der Waals surface area contributed by atoms with E-state index in [2.05, 4.69) is 0 Å². The van der Waals surface area contributed by atoms with Gasteiger partial charge in [0.1, 0.15) is 11.5 Å². The molecule has 0 spiro atoms. The summed E-state index contributed by atoms with van der Waals surface area (Å²) in [6.45, 7) is 2.20. The Balaban J connectivity index is 1.46. The lowest BCUT2D eigenvalue weighted by atomic mass is 10.1. The maximum absolute atomic E-state index is 12.8. The van der Waals surface area contributed by atoms with Crippen LogP contribution in [0.4, 0.5) is 10.5 Å². The first-order valence-electron chi connectivity index (χ1n) is 11.2. The highest BCUT2D eigenvalue weighted by Gasteiger charge is 2.36. The molecule has 0 bridgehead atoms. The van der Waals surface area contributed by atoms with Crippen molar-refractivity contribution in [2.24, 2.45) is 0 Å². The van der Waals surface area contributed by atoms with Crippen LogP contribution < -0.4 is 0 Å². The number of rotatable bonds is 9. The summed E-state index contributed by atoms with van der Waals surface area (Å²) in [5.41, 5.74) is 1.28. The second-order valence-electron chi connectivity index (χ2n) is 7.92. The number of benzene rings is 2. The fourth-order valence-corrected chi connectivity index (χ4v) is 4.33. The Labute approximate surface area is 210 Å². The van der Waals surface area contributed by atoms with E-state index in [0.717, 1.165) is 35.1 Å². The van der Waals surface area contributed by atoms with E-state index >= 15 is 0 Å². The van der Waals surface area contributed by atoms with Gasteiger partial charge in [-0.15, -0.1) is 0 Å². The molecule has 1 saturated heterocycles. The molecule has 2 aromatic carbocycles. The molecule has 36 heavy (non-hydrogen) atoms. The summed E-state index contributed by atoms with van der Waals surface area (Å²) in [6, 6.07) is 16.1. The van der Waals surface area contributed by atoms with Crippen LogP contribution in [0.2, 0.25) is 0 Å². The van der Waals surface area contributed by atoms with Crippen molar-refractivity contribution in [2.45, 2.75) is 26.3 Å². The number of furan rings is 1. The lowest BCUT2D eigenvalue weighted by Gasteiger charge is -2.12. The van der Waals surface area contributed by atoms with Crippen LogP contribution in [0.1, 0.15) is 41.4 Å². The number of hydrogen-bond donors (Lipinski definition) is 0. The molecule has 1 fully saturated rings. The van der Waals surface area contributed by atoms with Gasteiger partial charge in [-0.25, -0.2) is 4.79 Å². The molecule has 10 heteroatoms. The molecule has 1 aliphatic rings. The van der Waals surface area contributed by atoms with Crippen LogP contribution in [0.15, 0.2) is 70.0 Å². The number of para-hydroxylation sites is 1. The molecule has 0 saturated carbocycles. The van der Waals surface area contributed by atoms with Crippen LogP contribution in [0.5, 0.6) is 0 Å². The van der Waals surface area contributed by atoms with Crippen LogP contribution in [0, 0.1) is 10.1 Å². The van der Waals surface area contributed by atoms with Crippen molar-refractivity contribution in [3.05, 3.63) is 92.6 Å². The van der Waals surface area contributed by atoms with Crippen molar-refractivity contribution in [3.63, 3.8) is 0 Å². The van der Waals surface area contributed by atoms with E-state index in [9.17, 15) is 24.5 Å². The van der Waals surface area contributed by atoms with E-state index in [4.69, 9.17) is 9.15 Å². The van der Waals surface area contributed by atoms with E-state index in [1.54, 1.807) is 42.5 Å². The number of amides is 2. The second kappa shape index (κ2) is 11.0. The van der Waals surface area contributed by atoms with Gasteiger partial charge >= 0.3 is 5.97 Å². The second-order valence-corrected chi connectivity index (χ2v) is 8.92. The zero-order valence-corrected chi connectivity index (χ0v) is 20.2. The van der Waals surface area contributed by atoms with Gasteiger partial charge in [0.15, 0.2) is 0 Å². The zero-order valence-electron chi connectivity index (χ0n) is 19.3. The van der Waals surface area contributed by atoms with Crippen LogP contribution in [-0.4, -0.2) is 33.5 Å². The van der Waals surface area contributed by atoms with Crippen molar-refractivity contribution in [3.8, 4) is 11.3 Å². The monoisotopic (exact) mass is 506 g/mol. The molecule has 2 amide bonds. The van der Waals surface area contributed by atoms with Crippen LogP contribution in [-0.2, 0) is 16.1 Å².